The van der Waals surface area contributed by atoms with Crippen molar-refractivity contribution in [1.82, 2.24) is 10.2 Å². The second-order valence-corrected chi connectivity index (χ2v) is 8.00. The summed E-state index contributed by atoms with van der Waals surface area (Å²) in [6, 6.07) is 17.6. The molecule has 1 atom stereocenters. The Balaban J connectivity index is 2.19. The first-order valence-corrected chi connectivity index (χ1v) is 10.6. The van der Waals surface area contributed by atoms with Crippen molar-refractivity contribution in [2.24, 2.45) is 5.92 Å². The fourth-order valence-corrected chi connectivity index (χ4v) is 3.35. The lowest BCUT2D eigenvalue weighted by Gasteiger charge is -2.31. The molecular weight excluding hydrogens is 360 g/mol. The van der Waals surface area contributed by atoms with Gasteiger partial charge in [-0.1, -0.05) is 75.4 Å². The monoisotopic (exact) mass is 394 g/mol. The third-order valence-corrected chi connectivity index (χ3v) is 5.14. The Morgan fingerprint density at radius 3 is 2.28 bits per heavy atom. The lowest BCUT2D eigenvalue weighted by atomic mass is 10.0. The minimum Gasteiger partial charge on any atom is -0.354 e. The van der Waals surface area contributed by atoms with Gasteiger partial charge in [0.1, 0.15) is 6.04 Å². The summed E-state index contributed by atoms with van der Waals surface area (Å²) in [6.07, 6.45) is 1.66. The zero-order valence-electron chi connectivity index (χ0n) is 18.2. The van der Waals surface area contributed by atoms with E-state index in [4.69, 9.17) is 0 Å². The molecule has 1 N–H and O–H groups in total. The van der Waals surface area contributed by atoms with Crippen LogP contribution in [-0.4, -0.2) is 29.3 Å². The van der Waals surface area contributed by atoms with Crippen LogP contribution in [0.1, 0.15) is 50.3 Å². The molecule has 156 valence electrons. The SMILES string of the molecule is CC[C@@H](C(=O)NCC(C)C)N(Cc1ccccc1C)C(=O)CCc1ccccc1. The van der Waals surface area contributed by atoms with Crippen LogP contribution in [0.3, 0.4) is 0 Å². The minimum atomic E-state index is -0.461. The molecule has 0 fully saturated rings. The summed E-state index contributed by atoms with van der Waals surface area (Å²) in [6.45, 7) is 9.21. The Labute approximate surface area is 175 Å². The molecule has 2 aromatic carbocycles. The van der Waals surface area contributed by atoms with Gasteiger partial charge in [0.25, 0.3) is 0 Å². The first-order chi connectivity index (χ1) is 13.9. The summed E-state index contributed by atoms with van der Waals surface area (Å²) >= 11 is 0. The first-order valence-electron chi connectivity index (χ1n) is 10.6. The highest BCUT2D eigenvalue weighted by molar-refractivity contribution is 5.87. The van der Waals surface area contributed by atoms with E-state index < -0.39 is 6.04 Å². The van der Waals surface area contributed by atoms with Crippen molar-refractivity contribution in [2.75, 3.05) is 6.54 Å². The molecular formula is C25H34N2O2. The van der Waals surface area contributed by atoms with Gasteiger partial charge >= 0.3 is 0 Å². The molecule has 2 amide bonds. The molecule has 0 aliphatic rings. The topological polar surface area (TPSA) is 49.4 Å². The van der Waals surface area contributed by atoms with Crippen LogP contribution in [0, 0.1) is 12.8 Å². The molecule has 0 saturated carbocycles. The molecule has 29 heavy (non-hydrogen) atoms. The number of hydrogen-bond acceptors (Lipinski definition) is 2. The molecule has 0 aromatic heterocycles. The zero-order valence-corrected chi connectivity index (χ0v) is 18.2. The molecule has 2 aromatic rings. The van der Waals surface area contributed by atoms with Gasteiger partial charge in [-0.15, -0.1) is 0 Å². The predicted molar refractivity (Wildman–Crippen MR) is 118 cm³/mol. The van der Waals surface area contributed by atoms with Crippen molar-refractivity contribution >= 4 is 11.8 Å². The van der Waals surface area contributed by atoms with Gasteiger partial charge in [-0.3, -0.25) is 9.59 Å². The summed E-state index contributed by atoms with van der Waals surface area (Å²) < 4.78 is 0. The molecule has 4 nitrogen and oxygen atoms in total. The van der Waals surface area contributed by atoms with Crippen LogP contribution in [-0.2, 0) is 22.6 Å². The highest BCUT2D eigenvalue weighted by Crippen LogP contribution is 2.17. The molecule has 0 unspecified atom stereocenters. The Kier molecular flexibility index (Phi) is 8.91. The summed E-state index contributed by atoms with van der Waals surface area (Å²) in [5.74, 6) is 0.321. The highest BCUT2D eigenvalue weighted by Gasteiger charge is 2.28. The zero-order chi connectivity index (χ0) is 21.2. The average Bonchev–Trinajstić information content (AvgIpc) is 2.72. The van der Waals surface area contributed by atoms with Gasteiger partial charge in [0.15, 0.2) is 0 Å². The number of aryl methyl sites for hydroxylation is 2. The second-order valence-electron chi connectivity index (χ2n) is 8.00. The third kappa shape index (κ3) is 7.04. The number of nitrogens with one attached hydrogen (secondary N) is 1. The van der Waals surface area contributed by atoms with Crippen molar-refractivity contribution in [3.63, 3.8) is 0 Å². The van der Waals surface area contributed by atoms with Gasteiger partial charge < -0.3 is 10.2 Å². The smallest absolute Gasteiger partial charge is 0.242 e. The second kappa shape index (κ2) is 11.4. The van der Waals surface area contributed by atoms with Crippen molar-refractivity contribution in [1.29, 1.82) is 0 Å². The van der Waals surface area contributed by atoms with Crippen LogP contribution in [0.15, 0.2) is 54.6 Å². The minimum absolute atomic E-state index is 0.0173. The number of carbonyl (C=O) groups excluding carboxylic acids is 2. The van der Waals surface area contributed by atoms with Crippen molar-refractivity contribution in [3.8, 4) is 0 Å². The Bertz CT molecular complexity index is 786. The summed E-state index contributed by atoms with van der Waals surface area (Å²) in [5.41, 5.74) is 3.34. The number of amides is 2. The molecule has 0 spiro atoms. The van der Waals surface area contributed by atoms with E-state index in [1.54, 1.807) is 4.90 Å². The van der Waals surface area contributed by atoms with Crippen molar-refractivity contribution in [3.05, 3.63) is 71.3 Å². The van der Waals surface area contributed by atoms with E-state index >= 15 is 0 Å². The predicted octanol–water partition coefficient (Wildman–Crippen LogP) is 4.51. The summed E-state index contributed by atoms with van der Waals surface area (Å²) in [7, 11) is 0. The van der Waals surface area contributed by atoms with Crippen molar-refractivity contribution < 1.29 is 9.59 Å². The Morgan fingerprint density at radius 2 is 1.66 bits per heavy atom. The van der Waals surface area contributed by atoms with Gasteiger partial charge in [0.2, 0.25) is 11.8 Å². The molecule has 2 rings (SSSR count). The Hall–Kier alpha value is -2.62. The maximum absolute atomic E-state index is 13.2. The number of benzene rings is 2. The number of hydrogen-bond donors (Lipinski definition) is 1. The average molecular weight is 395 g/mol. The van der Waals surface area contributed by atoms with E-state index in [0.717, 1.165) is 16.7 Å². The van der Waals surface area contributed by atoms with Crippen LogP contribution in [0.5, 0.6) is 0 Å². The third-order valence-electron chi connectivity index (χ3n) is 5.14. The highest BCUT2D eigenvalue weighted by atomic mass is 16.2. The van der Waals surface area contributed by atoms with Crippen LogP contribution >= 0.6 is 0 Å². The van der Waals surface area contributed by atoms with Gasteiger partial charge in [-0.2, -0.15) is 0 Å². The van der Waals surface area contributed by atoms with Gasteiger partial charge in [0, 0.05) is 19.5 Å². The van der Waals surface area contributed by atoms with Crippen LogP contribution in [0.25, 0.3) is 0 Å². The summed E-state index contributed by atoms with van der Waals surface area (Å²) in [5, 5.41) is 3.01. The normalized spacial score (nSPS) is 11.9. The lowest BCUT2D eigenvalue weighted by molar-refractivity contribution is -0.141. The van der Waals surface area contributed by atoms with Crippen molar-refractivity contribution in [2.45, 2.75) is 59.5 Å². The lowest BCUT2D eigenvalue weighted by Crippen LogP contribution is -2.49. The maximum atomic E-state index is 13.2. The first kappa shape index (κ1) is 22.7. The van der Waals surface area contributed by atoms with E-state index in [1.807, 2.05) is 68.4 Å². The van der Waals surface area contributed by atoms with Crippen LogP contribution in [0.4, 0.5) is 0 Å². The molecule has 0 radical (unpaired) electrons. The number of rotatable bonds is 10. The van der Waals surface area contributed by atoms with Gasteiger partial charge in [0.05, 0.1) is 0 Å². The number of nitrogens with zero attached hydrogens (tertiary/aromatic N) is 1. The largest absolute Gasteiger partial charge is 0.354 e. The van der Waals surface area contributed by atoms with Crippen LogP contribution < -0.4 is 5.32 Å². The molecule has 0 heterocycles. The summed E-state index contributed by atoms with van der Waals surface area (Å²) in [4.78, 5) is 27.9. The standard InChI is InChI=1S/C25H34N2O2/c1-5-23(25(29)26-17-19(2)3)27(18-22-14-10-9-11-20(22)4)24(28)16-15-21-12-7-6-8-13-21/h6-14,19,23H,5,15-18H2,1-4H3,(H,26,29)/t23-/m0/s1. The molecule has 0 saturated heterocycles. The molecule has 4 heteroatoms. The Morgan fingerprint density at radius 1 is 1.00 bits per heavy atom. The van der Waals surface area contributed by atoms with E-state index in [2.05, 4.69) is 19.2 Å². The fourth-order valence-electron chi connectivity index (χ4n) is 3.35. The molecule has 0 aliphatic heterocycles. The van der Waals surface area contributed by atoms with E-state index in [-0.39, 0.29) is 11.8 Å². The maximum Gasteiger partial charge on any atom is 0.242 e. The quantitative estimate of drug-likeness (QED) is 0.645. The van der Waals surface area contributed by atoms with E-state index in [9.17, 15) is 9.59 Å². The van der Waals surface area contributed by atoms with E-state index in [1.165, 1.54) is 0 Å². The number of carbonyl (C=O) groups is 2. The molecule has 0 bridgehead atoms. The fraction of sp³-hybridized carbons (Fsp3) is 0.440. The van der Waals surface area contributed by atoms with Gasteiger partial charge in [-0.25, -0.2) is 0 Å². The molecule has 0 aliphatic carbocycles. The van der Waals surface area contributed by atoms with Crippen LogP contribution in [0.2, 0.25) is 0 Å². The van der Waals surface area contributed by atoms with E-state index in [0.29, 0.717) is 38.3 Å². The van der Waals surface area contributed by atoms with Gasteiger partial charge in [-0.05, 0) is 42.4 Å².